The van der Waals surface area contributed by atoms with Crippen LogP contribution in [0.15, 0.2) is 60.8 Å². The lowest BCUT2D eigenvalue weighted by molar-refractivity contribution is -0.870. The first-order valence-electron chi connectivity index (χ1n) is 21.5. The van der Waals surface area contributed by atoms with Crippen molar-refractivity contribution in [3.05, 3.63) is 60.8 Å². The van der Waals surface area contributed by atoms with Crippen molar-refractivity contribution in [3.8, 4) is 0 Å². The maximum Gasteiger partial charge on any atom is 0.306 e. The van der Waals surface area contributed by atoms with Crippen LogP contribution in [0.2, 0.25) is 0 Å². The molecule has 0 N–H and O–H groups in total. The van der Waals surface area contributed by atoms with Gasteiger partial charge in [-0.3, -0.25) is 9.36 Å². The molecule has 0 aliphatic rings. The van der Waals surface area contributed by atoms with Crippen LogP contribution >= 0.6 is 7.82 Å². The van der Waals surface area contributed by atoms with Crippen molar-refractivity contribution in [1.82, 2.24) is 0 Å². The Morgan fingerprint density at radius 1 is 0.593 bits per heavy atom. The zero-order valence-electron chi connectivity index (χ0n) is 35.4. The molecule has 0 saturated carbocycles. The molecule has 2 unspecified atom stereocenters. The van der Waals surface area contributed by atoms with Gasteiger partial charge in [0, 0.05) is 13.0 Å². The number of hydrogen-bond acceptors (Lipinski definition) is 7. The first-order valence-corrected chi connectivity index (χ1v) is 23.0. The molecule has 0 heterocycles. The van der Waals surface area contributed by atoms with Crippen molar-refractivity contribution in [1.29, 1.82) is 0 Å². The number of ether oxygens (including phenoxy) is 2. The fraction of sp³-hybridized carbons (Fsp3) is 0.756. The molecule has 0 aliphatic carbocycles. The fourth-order valence-electron chi connectivity index (χ4n) is 5.47. The summed E-state index contributed by atoms with van der Waals surface area (Å²) in [5, 5.41) is 0. The quantitative estimate of drug-likeness (QED) is 0.0202. The molecule has 0 fully saturated rings. The number of likely N-dealkylation sites (N-methyl/N-ethyl adjacent to an activating group) is 1. The molecule has 0 aromatic carbocycles. The predicted octanol–water partition coefficient (Wildman–Crippen LogP) is 11.9. The summed E-state index contributed by atoms with van der Waals surface area (Å²) >= 11 is 0. The van der Waals surface area contributed by atoms with E-state index in [0.717, 1.165) is 70.6 Å². The summed E-state index contributed by atoms with van der Waals surface area (Å²) < 4.78 is 34.5. The molecule has 0 radical (unpaired) electrons. The van der Waals surface area contributed by atoms with Gasteiger partial charge in [0.15, 0.2) is 0 Å². The second-order valence-electron chi connectivity index (χ2n) is 15.3. The summed E-state index contributed by atoms with van der Waals surface area (Å²) in [6.07, 6.45) is 46.5. The average Bonchev–Trinajstić information content (AvgIpc) is 3.12. The molecule has 0 rings (SSSR count). The maximum absolute atomic E-state index is 12.7. The Balaban J connectivity index is 4.28. The Bertz CT molecular complexity index is 1050. The number of phosphoric acid groups is 1. The van der Waals surface area contributed by atoms with E-state index in [9.17, 15) is 14.3 Å². The van der Waals surface area contributed by atoms with Crippen LogP contribution in [0, 0.1) is 0 Å². The number of hydrogen-bond donors (Lipinski definition) is 0. The highest BCUT2D eigenvalue weighted by Crippen LogP contribution is 2.38. The summed E-state index contributed by atoms with van der Waals surface area (Å²) in [4.78, 5) is 25.0. The van der Waals surface area contributed by atoms with Crippen molar-refractivity contribution in [2.75, 3.05) is 54.1 Å². The molecule has 9 heteroatoms. The Morgan fingerprint density at radius 3 is 1.63 bits per heavy atom. The van der Waals surface area contributed by atoms with Gasteiger partial charge >= 0.3 is 5.97 Å². The van der Waals surface area contributed by atoms with Crippen LogP contribution in [0.3, 0.4) is 0 Å². The third-order valence-corrected chi connectivity index (χ3v) is 9.77. The molecule has 314 valence electrons. The molecule has 2 atom stereocenters. The standard InChI is InChI=1S/C45H82NO7P/c1-6-8-10-12-14-16-18-20-21-22-23-24-25-26-28-30-32-34-36-38-45(47)53-44(43-52-54(48,49)51-41-39-46(3,4)5)42-50-40-37-35-33-31-29-27-19-17-15-13-11-9-7-2/h8,10,14-17,20-21,23-24,44H,6-7,9,11-13,18-19,22,25-43H2,1-5H3/b10-8-,16-14-,17-15-,21-20-,24-23-. The van der Waals surface area contributed by atoms with Crippen molar-refractivity contribution in [2.24, 2.45) is 0 Å². The van der Waals surface area contributed by atoms with Crippen LogP contribution in [0.1, 0.15) is 162 Å². The van der Waals surface area contributed by atoms with Gasteiger partial charge in [0.05, 0.1) is 34.4 Å². The van der Waals surface area contributed by atoms with E-state index in [4.69, 9.17) is 18.5 Å². The van der Waals surface area contributed by atoms with E-state index in [1.165, 1.54) is 70.6 Å². The maximum atomic E-state index is 12.7. The second kappa shape index (κ2) is 38.1. The zero-order chi connectivity index (χ0) is 39.9. The van der Waals surface area contributed by atoms with Gasteiger partial charge in [0.1, 0.15) is 19.3 Å². The van der Waals surface area contributed by atoms with Gasteiger partial charge in [0.2, 0.25) is 0 Å². The van der Waals surface area contributed by atoms with Crippen LogP contribution in [0.4, 0.5) is 0 Å². The molecular formula is C45H82NO7P. The highest BCUT2D eigenvalue weighted by molar-refractivity contribution is 7.45. The molecule has 0 aliphatic heterocycles. The minimum absolute atomic E-state index is 0.0193. The van der Waals surface area contributed by atoms with Crippen LogP contribution in [0.25, 0.3) is 0 Å². The number of carbonyl (C=O) groups is 1. The van der Waals surface area contributed by atoms with Gasteiger partial charge in [-0.2, -0.15) is 0 Å². The number of rotatable bonds is 39. The van der Waals surface area contributed by atoms with Gasteiger partial charge in [-0.15, -0.1) is 0 Å². The molecule has 0 aromatic heterocycles. The lowest BCUT2D eigenvalue weighted by atomic mass is 10.1. The molecule has 8 nitrogen and oxygen atoms in total. The van der Waals surface area contributed by atoms with E-state index < -0.39 is 13.9 Å². The van der Waals surface area contributed by atoms with Gasteiger partial charge in [-0.05, 0) is 77.0 Å². The zero-order valence-corrected chi connectivity index (χ0v) is 36.3. The Hall–Kier alpha value is -1.80. The predicted molar refractivity (Wildman–Crippen MR) is 226 cm³/mol. The minimum Gasteiger partial charge on any atom is -0.756 e. The lowest BCUT2D eigenvalue weighted by Gasteiger charge is -2.28. The van der Waals surface area contributed by atoms with Crippen LogP contribution in [-0.2, 0) is 27.9 Å². The molecular weight excluding hydrogens is 697 g/mol. The number of quaternary nitrogens is 1. The summed E-state index contributed by atoms with van der Waals surface area (Å²) in [5.41, 5.74) is 0. The SMILES string of the molecule is CC/C=C\C/C=C\C/C=C\C/C=C\CCCCCCCCC(=O)OC(COCCCCCCCC/C=C\CCCCC)COP(=O)([O-])OCC[N+](C)(C)C. The van der Waals surface area contributed by atoms with Crippen molar-refractivity contribution >= 4 is 13.8 Å². The fourth-order valence-corrected chi connectivity index (χ4v) is 6.20. The smallest absolute Gasteiger partial charge is 0.306 e. The van der Waals surface area contributed by atoms with Crippen LogP contribution in [-0.4, -0.2) is 70.7 Å². The van der Waals surface area contributed by atoms with E-state index in [1.54, 1.807) is 0 Å². The largest absolute Gasteiger partial charge is 0.756 e. The second-order valence-corrected chi connectivity index (χ2v) is 16.7. The monoisotopic (exact) mass is 780 g/mol. The number of phosphoric ester groups is 1. The molecule has 0 spiro atoms. The van der Waals surface area contributed by atoms with Crippen LogP contribution < -0.4 is 4.89 Å². The van der Waals surface area contributed by atoms with E-state index in [1.807, 2.05) is 21.1 Å². The summed E-state index contributed by atoms with van der Waals surface area (Å²) in [6, 6.07) is 0. The third kappa shape index (κ3) is 41.4. The van der Waals surface area contributed by atoms with Gasteiger partial charge < -0.3 is 27.9 Å². The van der Waals surface area contributed by atoms with E-state index in [2.05, 4.69) is 74.6 Å². The molecule has 0 saturated heterocycles. The lowest BCUT2D eigenvalue weighted by Crippen LogP contribution is -2.37. The highest BCUT2D eigenvalue weighted by Gasteiger charge is 2.20. The molecule has 0 amide bonds. The first kappa shape index (κ1) is 52.2. The molecule has 0 bridgehead atoms. The molecule has 0 aromatic rings. The highest BCUT2D eigenvalue weighted by atomic mass is 31.2. The number of esters is 1. The topological polar surface area (TPSA) is 94.1 Å². The van der Waals surface area contributed by atoms with Crippen molar-refractivity contribution < 1.29 is 37.3 Å². The Kier molecular flexibility index (Phi) is 36.8. The van der Waals surface area contributed by atoms with Gasteiger partial charge in [-0.25, -0.2) is 0 Å². The van der Waals surface area contributed by atoms with E-state index >= 15 is 0 Å². The minimum atomic E-state index is -4.53. The van der Waals surface area contributed by atoms with Gasteiger partial charge in [-0.1, -0.05) is 139 Å². The number of carbonyl (C=O) groups excluding carboxylic acids is 1. The summed E-state index contributed by atoms with van der Waals surface area (Å²) in [5.74, 6) is -0.353. The van der Waals surface area contributed by atoms with E-state index in [0.29, 0.717) is 24.1 Å². The third-order valence-electron chi connectivity index (χ3n) is 8.80. The van der Waals surface area contributed by atoms with Crippen LogP contribution in [0.5, 0.6) is 0 Å². The molecule has 54 heavy (non-hydrogen) atoms. The van der Waals surface area contributed by atoms with Crippen molar-refractivity contribution in [3.63, 3.8) is 0 Å². The number of unbranched alkanes of at least 4 members (excludes halogenated alkanes) is 15. The Labute approximate surface area is 332 Å². The number of allylic oxidation sites excluding steroid dienone is 10. The van der Waals surface area contributed by atoms with Crippen molar-refractivity contribution in [2.45, 2.75) is 168 Å². The normalized spacial score (nSPS) is 14.4. The average molecular weight is 780 g/mol. The summed E-state index contributed by atoms with van der Waals surface area (Å²) in [6.45, 7) is 5.23. The van der Waals surface area contributed by atoms with E-state index in [-0.39, 0.29) is 25.8 Å². The Morgan fingerprint density at radius 2 is 1.07 bits per heavy atom. The number of nitrogens with zero attached hydrogens (tertiary/aromatic N) is 1. The summed E-state index contributed by atoms with van der Waals surface area (Å²) in [7, 11) is 1.33. The van der Waals surface area contributed by atoms with Gasteiger partial charge in [0.25, 0.3) is 7.82 Å². The first-order chi connectivity index (χ1) is 26.1.